The van der Waals surface area contributed by atoms with Gasteiger partial charge < -0.3 is 24.8 Å². The summed E-state index contributed by atoms with van der Waals surface area (Å²) in [5.41, 5.74) is 4.46. The van der Waals surface area contributed by atoms with Crippen LogP contribution in [0.25, 0.3) is 22.0 Å². The largest absolute Gasteiger partial charge is 0.492 e. The van der Waals surface area contributed by atoms with Gasteiger partial charge in [0, 0.05) is 36.0 Å². The highest BCUT2D eigenvalue weighted by atomic mass is 35.5. The summed E-state index contributed by atoms with van der Waals surface area (Å²) in [6, 6.07) is 9.53. The number of H-pyrrole nitrogens is 1. The Labute approximate surface area is 215 Å². The molecule has 1 aliphatic heterocycles. The molecule has 1 fully saturated rings. The molecule has 192 valence electrons. The molecule has 1 aliphatic rings. The summed E-state index contributed by atoms with van der Waals surface area (Å²) in [6.07, 6.45) is 3.47. The van der Waals surface area contributed by atoms with Crippen molar-refractivity contribution in [3.8, 4) is 16.9 Å². The SMILES string of the molecule is Cc1cc(C)cc(-c2c(OCCC3CCCCN3C(=O)O)c3cc(CCCO)c(Cl)cc3[nH]c2=O)c1. The molecule has 0 spiro atoms. The van der Waals surface area contributed by atoms with E-state index in [2.05, 4.69) is 11.1 Å². The molecule has 1 aromatic heterocycles. The van der Waals surface area contributed by atoms with Crippen LogP contribution in [-0.4, -0.2) is 52.0 Å². The summed E-state index contributed by atoms with van der Waals surface area (Å²) in [5.74, 6) is 0.471. The average Bonchev–Trinajstić information content (AvgIpc) is 2.82. The lowest BCUT2D eigenvalue weighted by atomic mass is 9.98. The van der Waals surface area contributed by atoms with Crippen LogP contribution in [0.3, 0.4) is 0 Å². The van der Waals surface area contributed by atoms with Crippen LogP contribution < -0.4 is 10.3 Å². The molecule has 3 aromatic rings. The Hall–Kier alpha value is -3.03. The minimum Gasteiger partial charge on any atom is -0.492 e. The van der Waals surface area contributed by atoms with Gasteiger partial charge in [-0.25, -0.2) is 4.79 Å². The molecular weight excluding hydrogens is 480 g/mol. The first-order valence-electron chi connectivity index (χ1n) is 12.5. The zero-order valence-corrected chi connectivity index (χ0v) is 21.5. The van der Waals surface area contributed by atoms with Crippen molar-refractivity contribution in [1.82, 2.24) is 9.88 Å². The van der Waals surface area contributed by atoms with Crippen LogP contribution in [0.1, 0.15) is 48.8 Å². The van der Waals surface area contributed by atoms with Crippen molar-refractivity contribution in [2.24, 2.45) is 0 Å². The maximum atomic E-state index is 13.4. The zero-order valence-electron chi connectivity index (χ0n) is 20.8. The molecule has 36 heavy (non-hydrogen) atoms. The number of piperidine rings is 1. The Morgan fingerprint density at radius 2 is 1.92 bits per heavy atom. The van der Waals surface area contributed by atoms with Gasteiger partial charge in [0.15, 0.2) is 0 Å². The van der Waals surface area contributed by atoms with Crippen molar-refractivity contribution in [2.45, 2.75) is 58.4 Å². The quantitative estimate of drug-likeness (QED) is 0.359. The normalized spacial score (nSPS) is 15.9. The number of pyridine rings is 1. The maximum absolute atomic E-state index is 13.4. The second-order valence-corrected chi connectivity index (χ2v) is 10.0. The Morgan fingerprint density at radius 1 is 1.17 bits per heavy atom. The molecule has 1 atom stereocenters. The molecule has 0 radical (unpaired) electrons. The molecule has 1 amide bonds. The van der Waals surface area contributed by atoms with Gasteiger partial charge in [0.05, 0.1) is 17.7 Å². The predicted molar refractivity (Wildman–Crippen MR) is 142 cm³/mol. The number of nitrogens with zero attached hydrogens (tertiary/aromatic N) is 1. The number of amides is 1. The molecular formula is C28H33ClN2O5. The third-order valence-electron chi connectivity index (χ3n) is 6.82. The fourth-order valence-corrected chi connectivity index (χ4v) is 5.43. The van der Waals surface area contributed by atoms with Gasteiger partial charge >= 0.3 is 6.09 Å². The maximum Gasteiger partial charge on any atom is 0.407 e. The molecule has 4 rings (SSSR count). The fourth-order valence-electron chi connectivity index (χ4n) is 5.17. The molecule has 8 heteroatoms. The van der Waals surface area contributed by atoms with Crippen LogP contribution in [-0.2, 0) is 6.42 Å². The average molecular weight is 513 g/mol. The molecule has 7 nitrogen and oxygen atoms in total. The third kappa shape index (κ3) is 5.68. The van der Waals surface area contributed by atoms with Gasteiger partial charge in [-0.15, -0.1) is 0 Å². The molecule has 1 unspecified atom stereocenters. The number of hydrogen-bond acceptors (Lipinski definition) is 4. The first-order valence-corrected chi connectivity index (χ1v) is 12.9. The number of aromatic amines is 1. The van der Waals surface area contributed by atoms with E-state index < -0.39 is 6.09 Å². The van der Waals surface area contributed by atoms with Crippen molar-refractivity contribution >= 4 is 28.6 Å². The van der Waals surface area contributed by atoms with Crippen molar-refractivity contribution in [3.05, 3.63) is 62.4 Å². The molecule has 3 N–H and O–H groups in total. The van der Waals surface area contributed by atoms with E-state index in [9.17, 15) is 19.8 Å². The second kappa shape index (κ2) is 11.4. The summed E-state index contributed by atoms with van der Waals surface area (Å²) >= 11 is 6.49. The van der Waals surface area contributed by atoms with E-state index in [-0.39, 0.29) is 24.8 Å². The van der Waals surface area contributed by atoms with E-state index in [1.807, 2.05) is 32.0 Å². The molecule has 0 saturated carbocycles. The second-order valence-electron chi connectivity index (χ2n) is 9.61. The Balaban J connectivity index is 1.78. The van der Waals surface area contributed by atoms with E-state index in [0.717, 1.165) is 46.9 Å². The van der Waals surface area contributed by atoms with E-state index in [4.69, 9.17) is 16.3 Å². The Kier molecular flexibility index (Phi) is 8.21. The van der Waals surface area contributed by atoms with Crippen molar-refractivity contribution < 1.29 is 19.7 Å². The third-order valence-corrected chi connectivity index (χ3v) is 7.17. The number of nitrogens with one attached hydrogen (secondary N) is 1. The summed E-state index contributed by atoms with van der Waals surface area (Å²) in [5, 5.41) is 20.2. The number of aliphatic hydroxyl groups is 1. The van der Waals surface area contributed by atoms with Gasteiger partial charge in [0.1, 0.15) is 5.75 Å². The standard InChI is InChI=1S/C28H33ClN2O5/c1-17-12-18(2)14-20(13-17)25-26(36-11-8-21-7-3-4-9-31(21)28(34)35)22-15-19(6-5-10-32)23(29)16-24(22)30-27(25)33/h12-16,21,32H,3-11H2,1-2H3,(H,30,33)(H,34,35). The number of halogens is 1. The van der Waals surface area contributed by atoms with Gasteiger partial charge in [-0.1, -0.05) is 40.9 Å². The molecule has 0 bridgehead atoms. The highest BCUT2D eigenvalue weighted by molar-refractivity contribution is 6.32. The lowest BCUT2D eigenvalue weighted by Gasteiger charge is -2.33. The van der Waals surface area contributed by atoms with Crippen molar-refractivity contribution in [2.75, 3.05) is 19.8 Å². The number of carbonyl (C=O) groups is 1. The van der Waals surface area contributed by atoms with Crippen molar-refractivity contribution in [1.29, 1.82) is 0 Å². The predicted octanol–water partition coefficient (Wildman–Crippen LogP) is 5.69. The lowest BCUT2D eigenvalue weighted by molar-refractivity contribution is 0.0969. The topological polar surface area (TPSA) is 103 Å². The first-order chi connectivity index (χ1) is 17.3. The van der Waals surface area contributed by atoms with Gasteiger partial charge in [-0.05, 0) is 69.2 Å². The van der Waals surface area contributed by atoms with E-state index in [0.29, 0.717) is 47.7 Å². The zero-order chi connectivity index (χ0) is 25.8. The number of fused-ring (bicyclic) bond motifs is 1. The Morgan fingerprint density at radius 3 is 2.61 bits per heavy atom. The van der Waals surface area contributed by atoms with Gasteiger partial charge in [-0.3, -0.25) is 4.79 Å². The lowest BCUT2D eigenvalue weighted by Crippen LogP contribution is -2.43. The number of aromatic nitrogens is 1. The number of carboxylic acid groups (broad SMARTS) is 1. The molecule has 0 aliphatic carbocycles. The van der Waals surface area contributed by atoms with Crippen LogP contribution >= 0.6 is 11.6 Å². The summed E-state index contributed by atoms with van der Waals surface area (Å²) in [4.78, 5) is 29.5. The number of rotatable bonds is 8. The summed E-state index contributed by atoms with van der Waals surface area (Å²) in [6.45, 7) is 4.84. The number of likely N-dealkylation sites (tertiary alicyclic amines) is 1. The first kappa shape index (κ1) is 26.0. The number of ether oxygens (including phenoxy) is 1. The molecule has 2 heterocycles. The highest BCUT2D eigenvalue weighted by Crippen LogP contribution is 2.37. The molecule has 2 aromatic carbocycles. The Bertz CT molecular complexity index is 1300. The minimum absolute atomic E-state index is 0.0542. The number of hydrogen-bond donors (Lipinski definition) is 3. The molecule has 1 saturated heterocycles. The summed E-state index contributed by atoms with van der Waals surface area (Å²) < 4.78 is 6.36. The van der Waals surface area contributed by atoms with Crippen LogP contribution in [0.15, 0.2) is 35.1 Å². The van der Waals surface area contributed by atoms with Gasteiger partial charge in [0.25, 0.3) is 5.56 Å². The number of benzene rings is 2. The van der Waals surface area contributed by atoms with Gasteiger partial charge in [-0.2, -0.15) is 0 Å². The van der Waals surface area contributed by atoms with Crippen molar-refractivity contribution in [3.63, 3.8) is 0 Å². The number of aryl methyl sites for hydroxylation is 3. The van der Waals surface area contributed by atoms with Crippen LogP contribution in [0.4, 0.5) is 4.79 Å². The minimum atomic E-state index is -0.902. The number of aliphatic hydroxyl groups excluding tert-OH is 1. The van der Waals surface area contributed by atoms with Crippen LogP contribution in [0.5, 0.6) is 5.75 Å². The van der Waals surface area contributed by atoms with E-state index in [1.165, 1.54) is 4.90 Å². The van der Waals surface area contributed by atoms with Crippen LogP contribution in [0, 0.1) is 13.8 Å². The van der Waals surface area contributed by atoms with Gasteiger partial charge in [0.2, 0.25) is 0 Å². The fraction of sp³-hybridized carbons (Fsp3) is 0.429. The van der Waals surface area contributed by atoms with E-state index >= 15 is 0 Å². The smallest absolute Gasteiger partial charge is 0.407 e. The monoisotopic (exact) mass is 512 g/mol. The summed E-state index contributed by atoms with van der Waals surface area (Å²) in [7, 11) is 0. The van der Waals surface area contributed by atoms with E-state index in [1.54, 1.807) is 6.07 Å². The highest BCUT2D eigenvalue weighted by Gasteiger charge is 2.26. The van der Waals surface area contributed by atoms with Crippen LogP contribution in [0.2, 0.25) is 5.02 Å².